The van der Waals surface area contributed by atoms with Gasteiger partial charge in [0.25, 0.3) is 11.8 Å². The van der Waals surface area contributed by atoms with E-state index in [-0.39, 0.29) is 11.8 Å². The van der Waals surface area contributed by atoms with Gasteiger partial charge in [-0.05, 0) is 55.5 Å². The van der Waals surface area contributed by atoms with E-state index < -0.39 is 6.10 Å². The number of hydrogen-bond acceptors (Lipinski definition) is 3. The summed E-state index contributed by atoms with van der Waals surface area (Å²) in [5.41, 5.74) is 3.05. The van der Waals surface area contributed by atoms with Gasteiger partial charge in [-0.25, -0.2) is 0 Å². The fourth-order valence-corrected chi connectivity index (χ4v) is 2.72. The van der Waals surface area contributed by atoms with E-state index in [2.05, 4.69) is 10.6 Å². The van der Waals surface area contributed by atoms with E-state index in [1.807, 2.05) is 52.8 Å². The average molecular weight is 383 g/mol. The molecule has 0 fully saturated rings. The molecule has 1 atom stereocenters. The molecular formula is C23H30N2O3. The summed E-state index contributed by atoms with van der Waals surface area (Å²) in [5.74, 6) is 0.576. The molecule has 0 radical (unpaired) electrons. The van der Waals surface area contributed by atoms with Gasteiger partial charge in [-0.3, -0.25) is 9.59 Å². The summed E-state index contributed by atoms with van der Waals surface area (Å²) in [6, 6.07) is 12.8. The zero-order chi connectivity index (χ0) is 20.7. The van der Waals surface area contributed by atoms with Gasteiger partial charge < -0.3 is 15.4 Å². The Hall–Kier alpha value is -2.82. The maximum atomic E-state index is 12.8. The van der Waals surface area contributed by atoms with Gasteiger partial charge in [0.05, 0.1) is 11.3 Å². The monoisotopic (exact) mass is 382 g/mol. The van der Waals surface area contributed by atoms with Crippen LogP contribution in [-0.4, -0.2) is 24.5 Å². The molecule has 2 amide bonds. The molecule has 2 aromatic rings. The number of carbonyl (C=O) groups is 2. The third-order valence-corrected chi connectivity index (χ3v) is 4.59. The van der Waals surface area contributed by atoms with E-state index >= 15 is 0 Å². The quantitative estimate of drug-likeness (QED) is 0.707. The second-order valence-corrected chi connectivity index (χ2v) is 7.35. The van der Waals surface area contributed by atoms with E-state index in [0.717, 1.165) is 11.1 Å². The number of amides is 2. The highest BCUT2D eigenvalue weighted by atomic mass is 16.5. The summed E-state index contributed by atoms with van der Waals surface area (Å²) >= 11 is 0. The second kappa shape index (κ2) is 9.93. The number of rotatable bonds is 8. The number of anilines is 1. The fraction of sp³-hybridized carbons (Fsp3) is 0.391. The minimum Gasteiger partial charge on any atom is -0.480 e. The third-order valence-electron chi connectivity index (χ3n) is 4.59. The third kappa shape index (κ3) is 5.59. The Balaban J connectivity index is 2.14. The first kappa shape index (κ1) is 21.5. The van der Waals surface area contributed by atoms with Crippen LogP contribution in [0.15, 0.2) is 42.5 Å². The smallest absolute Gasteiger partial charge is 0.265 e. The van der Waals surface area contributed by atoms with Crippen molar-refractivity contribution in [1.29, 1.82) is 0 Å². The van der Waals surface area contributed by atoms with Crippen LogP contribution in [0.25, 0.3) is 0 Å². The van der Waals surface area contributed by atoms with Crippen molar-refractivity contribution >= 4 is 17.5 Å². The van der Waals surface area contributed by atoms with Crippen LogP contribution in [0.1, 0.15) is 48.7 Å². The number of para-hydroxylation sites is 1. The minimum absolute atomic E-state index is 0.201. The molecule has 2 rings (SSSR count). The Kier molecular flexibility index (Phi) is 7.61. The molecule has 0 bridgehead atoms. The van der Waals surface area contributed by atoms with Gasteiger partial charge in [0, 0.05) is 6.54 Å². The maximum Gasteiger partial charge on any atom is 0.265 e. The predicted octanol–water partition coefficient (Wildman–Crippen LogP) is 4.49. The van der Waals surface area contributed by atoms with Gasteiger partial charge in [-0.15, -0.1) is 0 Å². The SMILES string of the molecule is CCC(Oc1cccc(C)c1C)C(=O)Nc1ccccc1C(=O)NCC(C)C. The minimum atomic E-state index is -0.646. The molecule has 0 aliphatic rings. The van der Waals surface area contributed by atoms with Crippen LogP contribution in [-0.2, 0) is 4.79 Å². The summed E-state index contributed by atoms with van der Waals surface area (Å²) in [4.78, 5) is 25.3. The number of carbonyl (C=O) groups excluding carboxylic acids is 2. The molecular weight excluding hydrogens is 352 g/mol. The van der Waals surface area contributed by atoms with E-state index in [4.69, 9.17) is 4.74 Å². The first-order valence-corrected chi connectivity index (χ1v) is 9.74. The molecule has 2 N–H and O–H groups in total. The number of aryl methyl sites for hydroxylation is 1. The molecule has 0 spiro atoms. The zero-order valence-electron chi connectivity index (χ0n) is 17.3. The van der Waals surface area contributed by atoms with Crippen LogP contribution in [0, 0.1) is 19.8 Å². The van der Waals surface area contributed by atoms with Crippen LogP contribution in [0.3, 0.4) is 0 Å². The van der Waals surface area contributed by atoms with Gasteiger partial charge in [0.15, 0.2) is 6.10 Å². The number of hydrogen-bond donors (Lipinski definition) is 2. The maximum absolute atomic E-state index is 12.8. The van der Waals surface area contributed by atoms with Crippen molar-refractivity contribution in [3.05, 3.63) is 59.2 Å². The second-order valence-electron chi connectivity index (χ2n) is 7.35. The molecule has 28 heavy (non-hydrogen) atoms. The zero-order valence-corrected chi connectivity index (χ0v) is 17.3. The molecule has 0 saturated carbocycles. The van der Waals surface area contributed by atoms with E-state index in [1.54, 1.807) is 24.3 Å². The first-order valence-electron chi connectivity index (χ1n) is 9.74. The Morgan fingerprint density at radius 2 is 1.75 bits per heavy atom. The molecule has 0 saturated heterocycles. The van der Waals surface area contributed by atoms with Gasteiger partial charge in [-0.1, -0.05) is 45.0 Å². The largest absolute Gasteiger partial charge is 0.480 e. The van der Waals surface area contributed by atoms with Crippen molar-refractivity contribution in [3.63, 3.8) is 0 Å². The number of ether oxygens (including phenoxy) is 1. The highest BCUT2D eigenvalue weighted by Gasteiger charge is 2.21. The molecule has 2 aromatic carbocycles. The van der Waals surface area contributed by atoms with E-state index in [1.165, 1.54) is 0 Å². The topological polar surface area (TPSA) is 67.4 Å². The summed E-state index contributed by atoms with van der Waals surface area (Å²) in [6.07, 6.45) is -0.131. The highest BCUT2D eigenvalue weighted by Crippen LogP contribution is 2.23. The van der Waals surface area contributed by atoms with Gasteiger partial charge >= 0.3 is 0 Å². The number of benzene rings is 2. The van der Waals surface area contributed by atoms with E-state index in [9.17, 15) is 9.59 Å². The average Bonchev–Trinajstić information content (AvgIpc) is 2.67. The fourth-order valence-electron chi connectivity index (χ4n) is 2.72. The predicted molar refractivity (Wildman–Crippen MR) is 113 cm³/mol. The first-order chi connectivity index (χ1) is 13.3. The van der Waals surface area contributed by atoms with Crippen molar-refractivity contribution in [2.45, 2.75) is 47.1 Å². The van der Waals surface area contributed by atoms with Crippen LogP contribution in [0.5, 0.6) is 5.75 Å². The standard InChI is InChI=1S/C23H30N2O3/c1-6-20(28-21-13-9-10-16(4)17(21)5)23(27)25-19-12-8-7-11-18(19)22(26)24-14-15(2)3/h7-13,15,20H,6,14H2,1-5H3,(H,24,26)(H,25,27). The Bertz CT molecular complexity index is 830. The van der Waals surface area contributed by atoms with Crippen molar-refractivity contribution in [1.82, 2.24) is 5.32 Å². The van der Waals surface area contributed by atoms with Crippen LogP contribution < -0.4 is 15.4 Å². The summed E-state index contributed by atoms with van der Waals surface area (Å²) in [5, 5.41) is 5.75. The Morgan fingerprint density at radius 3 is 2.43 bits per heavy atom. The van der Waals surface area contributed by atoms with Crippen molar-refractivity contribution in [2.75, 3.05) is 11.9 Å². The lowest BCUT2D eigenvalue weighted by molar-refractivity contribution is -0.122. The molecule has 150 valence electrons. The molecule has 0 aliphatic carbocycles. The molecule has 5 heteroatoms. The highest BCUT2D eigenvalue weighted by molar-refractivity contribution is 6.04. The van der Waals surface area contributed by atoms with Crippen LogP contribution in [0.4, 0.5) is 5.69 Å². The molecule has 0 aliphatic heterocycles. The Labute approximate surface area is 167 Å². The van der Waals surface area contributed by atoms with Crippen LogP contribution >= 0.6 is 0 Å². The van der Waals surface area contributed by atoms with Gasteiger partial charge in [0.1, 0.15) is 5.75 Å². The van der Waals surface area contributed by atoms with Crippen molar-refractivity contribution < 1.29 is 14.3 Å². The van der Waals surface area contributed by atoms with E-state index in [0.29, 0.717) is 35.9 Å². The van der Waals surface area contributed by atoms with Crippen molar-refractivity contribution in [3.8, 4) is 5.75 Å². The number of nitrogens with one attached hydrogen (secondary N) is 2. The lowest BCUT2D eigenvalue weighted by atomic mass is 10.1. The van der Waals surface area contributed by atoms with Gasteiger partial charge in [0.2, 0.25) is 0 Å². The molecule has 0 aromatic heterocycles. The molecule has 1 unspecified atom stereocenters. The van der Waals surface area contributed by atoms with Crippen LogP contribution in [0.2, 0.25) is 0 Å². The van der Waals surface area contributed by atoms with Gasteiger partial charge in [-0.2, -0.15) is 0 Å². The Morgan fingerprint density at radius 1 is 1.04 bits per heavy atom. The molecule has 5 nitrogen and oxygen atoms in total. The van der Waals surface area contributed by atoms with Crippen molar-refractivity contribution in [2.24, 2.45) is 5.92 Å². The molecule has 0 heterocycles. The summed E-state index contributed by atoms with van der Waals surface area (Å²) < 4.78 is 5.98. The lowest BCUT2D eigenvalue weighted by Crippen LogP contribution is -2.34. The normalized spacial score (nSPS) is 11.8. The summed E-state index contributed by atoms with van der Waals surface area (Å²) in [6.45, 7) is 10.5. The lowest BCUT2D eigenvalue weighted by Gasteiger charge is -2.20. The summed E-state index contributed by atoms with van der Waals surface area (Å²) in [7, 11) is 0.